The molecule has 3 rings (SSSR count). The van der Waals surface area contributed by atoms with E-state index in [0.29, 0.717) is 35.0 Å². The lowest BCUT2D eigenvalue weighted by atomic mass is 10.1. The van der Waals surface area contributed by atoms with Gasteiger partial charge in [0.25, 0.3) is 11.8 Å². The number of hydrogen-bond acceptors (Lipinski definition) is 6. The lowest BCUT2D eigenvalue weighted by Gasteiger charge is -2.11. The molecule has 0 radical (unpaired) electrons. The molecule has 1 aromatic carbocycles. The number of nitrogens with two attached hydrogens (primary N) is 2. The van der Waals surface area contributed by atoms with E-state index in [-0.39, 0.29) is 18.1 Å². The monoisotopic (exact) mass is 354 g/mol. The van der Waals surface area contributed by atoms with Crippen LogP contribution in [0.4, 0.5) is 0 Å². The number of benzene rings is 1. The second-order valence-electron chi connectivity index (χ2n) is 6.27. The minimum absolute atomic E-state index is 0.0496. The molecule has 6 N–H and O–H groups in total. The molecule has 26 heavy (non-hydrogen) atoms. The van der Waals surface area contributed by atoms with Gasteiger partial charge in [0.05, 0.1) is 17.6 Å². The average Bonchev–Trinajstić information content (AvgIpc) is 3.19. The highest BCUT2D eigenvalue weighted by atomic mass is 16.2. The molecule has 1 aromatic heterocycles. The van der Waals surface area contributed by atoms with Gasteiger partial charge in [-0.25, -0.2) is 4.98 Å². The fraction of sp³-hybridized carbons (Fsp3) is 0.333. The average molecular weight is 354 g/mol. The van der Waals surface area contributed by atoms with Crippen LogP contribution in [0.5, 0.6) is 0 Å². The molecule has 0 spiro atoms. The Balaban J connectivity index is 1.79. The standard InChI is InChI=1S/C18H22N6O2/c19-7-14-16(17(20)25)24-15(10-22-14)12-2-1-3-13(6-12)18(26)23-9-11-4-5-21-8-11/h1-3,6,10-11,21H,4-5,7-9,19H2,(H2,20,25)(H,23,26). The van der Waals surface area contributed by atoms with Gasteiger partial charge in [0.1, 0.15) is 0 Å². The number of aromatic nitrogens is 2. The van der Waals surface area contributed by atoms with Crippen molar-refractivity contribution < 1.29 is 9.59 Å². The summed E-state index contributed by atoms with van der Waals surface area (Å²) < 4.78 is 0. The normalized spacial score (nSPS) is 16.4. The molecule has 2 aromatic rings. The summed E-state index contributed by atoms with van der Waals surface area (Å²) in [7, 11) is 0. The van der Waals surface area contributed by atoms with Crippen molar-refractivity contribution in [2.45, 2.75) is 13.0 Å². The quantitative estimate of drug-likeness (QED) is 0.578. The Bertz CT molecular complexity index is 817. The Hall–Kier alpha value is -2.84. The Morgan fingerprint density at radius 3 is 2.88 bits per heavy atom. The van der Waals surface area contributed by atoms with Crippen LogP contribution in [-0.2, 0) is 6.54 Å². The zero-order valence-corrected chi connectivity index (χ0v) is 14.4. The van der Waals surface area contributed by atoms with Crippen molar-refractivity contribution in [3.63, 3.8) is 0 Å². The zero-order chi connectivity index (χ0) is 18.5. The van der Waals surface area contributed by atoms with Gasteiger partial charge >= 0.3 is 0 Å². The van der Waals surface area contributed by atoms with E-state index in [2.05, 4.69) is 20.6 Å². The summed E-state index contributed by atoms with van der Waals surface area (Å²) in [5.74, 6) is -0.353. The highest BCUT2D eigenvalue weighted by Crippen LogP contribution is 2.19. The van der Waals surface area contributed by atoms with Crippen LogP contribution < -0.4 is 22.1 Å². The summed E-state index contributed by atoms with van der Waals surface area (Å²) >= 11 is 0. The van der Waals surface area contributed by atoms with E-state index in [1.165, 1.54) is 6.20 Å². The number of nitrogens with zero attached hydrogens (tertiary/aromatic N) is 2. The van der Waals surface area contributed by atoms with Crippen LogP contribution in [0, 0.1) is 5.92 Å². The molecule has 1 saturated heterocycles. The Morgan fingerprint density at radius 2 is 2.19 bits per heavy atom. The number of carbonyl (C=O) groups is 2. The largest absolute Gasteiger partial charge is 0.364 e. The maximum Gasteiger partial charge on any atom is 0.269 e. The van der Waals surface area contributed by atoms with E-state index in [1.807, 2.05) is 0 Å². The zero-order valence-electron chi connectivity index (χ0n) is 14.4. The summed E-state index contributed by atoms with van der Waals surface area (Å²) in [6.45, 7) is 2.64. The summed E-state index contributed by atoms with van der Waals surface area (Å²) in [6, 6.07) is 7.03. The third-order valence-electron chi connectivity index (χ3n) is 4.41. The third-order valence-corrected chi connectivity index (χ3v) is 4.41. The fourth-order valence-electron chi connectivity index (χ4n) is 2.95. The van der Waals surface area contributed by atoms with E-state index in [9.17, 15) is 9.59 Å². The molecule has 0 saturated carbocycles. The van der Waals surface area contributed by atoms with Crippen molar-refractivity contribution in [3.8, 4) is 11.3 Å². The van der Waals surface area contributed by atoms with Crippen LogP contribution >= 0.6 is 0 Å². The van der Waals surface area contributed by atoms with E-state index >= 15 is 0 Å². The van der Waals surface area contributed by atoms with Crippen LogP contribution in [0.25, 0.3) is 11.3 Å². The Kier molecular flexibility index (Phi) is 5.55. The molecular formula is C18H22N6O2. The van der Waals surface area contributed by atoms with E-state index in [0.717, 1.165) is 19.5 Å². The van der Waals surface area contributed by atoms with Gasteiger partial charge in [0.2, 0.25) is 0 Å². The third kappa shape index (κ3) is 4.04. The Labute approximate surface area is 151 Å². The number of primary amides is 1. The van der Waals surface area contributed by atoms with Crippen molar-refractivity contribution in [2.24, 2.45) is 17.4 Å². The van der Waals surface area contributed by atoms with Crippen molar-refractivity contribution in [1.82, 2.24) is 20.6 Å². The van der Waals surface area contributed by atoms with Crippen molar-refractivity contribution in [2.75, 3.05) is 19.6 Å². The smallest absolute Gasteiger partial charge is 0.269 e. The second kappa shape index (κ2) is 8.03. The first-order valence-corrected chi connectivity index (χ1v) is 8.53. The van der Waals surface area contributed by atoms with Gasteiger partial charge in [-0.15, -0.1) is 0 Å². The number of rotatable bonds is 6. The number of hydrogen-bond donors (Lipinski definition) is 4. The predicted molar refractivity (Wildman–Crippen MR) is 97.2 cm³/mol. The number of nitrogens with one attached hydrogen (secondary N) is 2. The predicted octanol–water partition coefficient (Wildman–Crippen LogP) is 0.0405. The van der Waals surface area contributed by atoms with Gasteiger partial charge in [-0.05, 0) is 37.6 Å². The van der Waals surface area contributed by atoms with Gasteiger partial charge < -0.3 is 22.1 Å². The molecule has 1 unspecified atom stereocenters. The fourth-order valence-corrected chi connectivity index (χ4v) is 2.95. The highest BCUT2D eigenvalue weighted by molar-refractivity contribution is 5.95. The first kappa shape index (κ1) is 18.0. The molecule has 1 aliphatic heterocycles. The number of amides is 2. The summed E-state index contributed by atoms with van der Waals surface area (Å²) in [5, 5.41) is 6.24. The van der Waals surface area contributed by atoms with Crippen molar-refractivity contribution in [1.29, 1.82) is 0 Å². The Morgan fingerprint density at radius 1 is 1.35 bits per heavy atom. The maximum absolute atomic E-state index is 12.4. The second-order valence-corrected chi connectivity index (χ2v) is 6.27. The van der Waals surface area contributed by atoms with Gasteiger partial charge in [-0.3, -0.25) is 14.6 Å². The lowest BCUT2D eigenvalue weighted by Crippen LogP contribution is -2.30. The van der Waals surface area contributed by atoms with Crippen LogP contribution in [0.15, 0.2) is 30.5 Å². The molecule has 1 fully saturated rings. The minimum atomic E-state index is -0.682. The molecule has 0 bridgehead atoms. The van der Waals surface area contributed by atoms with Gasteiger partial charge in [0.15, 0.2) is 5.69 Å². The first-order chi connectivity index (χ1) is 12.6. The molecule has 2 heterocycles. The molecule has 1 atom stereocenters. The van der Waals surface area contributed by atoms with Gasteiger partial charge in [-0.1, -0.05) is 12.1 Å². The van der Waals surface area contributed by atoms with Gasteiger partial charge in [-0.2, -0.15) is 0 Å². The molecule has 1 aliphatic rings. The topological polar surface area (TPSA) is 136 Å². The lowest BCUT2D eigenvalue weighted by molar-refractivity contribution is 0.0946. The van der Waals surface area contributed by atoms with Crippen molar-refractivity contribution >= 4 is 11.8 Å². The summed E-state index contributed by atoms with van der Waals surface area (Å²) in [6.07, 6.45) is 2.59. The summed E-state index contributed by atoms with van der Waals surface area (Å²) in [5.41, 5.74) is 13.0. The first-order valence-electron chi connectivity index (χ1n) is 8.53. The molecular weight excluding hydrogens is 332 g/mol. The van der Waals surface area contributed by atoms with Crippen LogP contribution in [0.2, 0.25) is 0 Å². The maximum atomic E-state index is 12.4. The van der Waals surface area contributed by atoms with E-state index in [1.54, 1.807) is 24.3 Å². The summed E-state index contributed by atoms with van der Waals surface area (Å²) in [4.78, 5) is 32.4. The van der Waals surface area contributed by atoms with Crippen LogP contribution in [0.1, 0.15) is 33.0 Å². The molecule has 8 heteroatoms. The molecule has 8 nitrogen and oxygen atoms in total. The highest BCUT2D eigenvalue weighted by Gasteiger charge is 2.17. The SMILES string of the molecule is NCc1ncc(-c2cccc(C(=O)NCC3CCNC3)c2)nc1C(N)=O. The molecule has 0 aliphatic carbocycles. The van der Waals surface area contributed by atoms with E-state index in [4.69, 9.17) is 11.5 Å². The van der Waals surface area contributed by atoms with Crippen LogP contribution in [-0.4, -0.2) is 41.4 Å². The molecule has 2 amide bonds. The van der Waals surface area contributed by atoms with E-state index < -0.39 is 5.91 Å². The van der Waals surface area contributed by atoms with Crippen molar-refractivity contribution in [3.05, 3.63) is 47.4 Å². The minimum Gasteiger partial charge on any atom is -0.364 e. The van der Waals surface area contributed by atoms with Crippen LogP contribution in [0.3, 0.4) is 0 Å². The molecule has 136 valence electrons. The number of carbonyl (C=O) groups excluding carboxylic acids is 2. The van der Waals surface area contributed by atoms with Gasteiger partial charge in [0, 0.05) is 24.2 Å².